The molecule has 0 spiro atoms. The molecule has 10 heterocycles. The molecule has 6 atom stereocenters. The molecule has 5 saturated heterocycles. The third-order valence-corrected chi connectivity index (χ3v) is 20.4. The number of aliphatic hydroxyl groups is 2. The maximum absolute atomic E-state index is 16.3. The number of pyridine rings is 1. The third kappa shape index (κ3) is 11.1. The number of aromatic nitrogens is 8. The monoisotopic (exact) mass is 1260 g/mol. The summed E-state index contributed by atoms with van der Waals surface area (Å²) in [4.78, 5) is 66.7. The molecule has 0 unspecified atom stereocenters. The number of piperazine rings is 1. The number of benzene rings is 4. The molecule has 4 aromatic carbocycles. The predicted molar refractivity (Wildman–Crippen MR) is 342 cm³/mol. The highest BCUT2D eigenvalue weighted by molar-refractivity contribution is 7.13. The number of ether oxygens (including phenoxy) is 4. The second-order valence-electron chi connectivity index (χ2n) is 25.8. The van der Waals surface area contributed by atoms with Crippen molar-refractivity contribution >= 4 is 72.6 Å². The molecule has 24 heteroatoms. The maximum Gasteiger partial charge on any atom is 0.319 e. The summed E-state index contributed by atoms with van der Waals surface area (Å²) < 4.78 is 44.0. The minimum Gasteiger partial charge on any atom is -0.490 e. The molecule has 15 rings (SSSR count). The highest BCUT2D eigenvalue weighted by Crippen LogP contribution is 2.54. The van der Waals surface area contributed by atoms with Crippen LogP contribution >= 0.6 is 11.3 Å². The average molecular weight is 1260 g/mol. The number of hydrogen-bond acceptors (Lipinski definition) is 18. The van der Waals surface area contributed by atoms with Crippen molar-refractivity contribution in [3.8, 4) is 39.1 Å². The molecule has 0 radical (unpaired) electrons. The first-order chi connectivity index (χ1) is 44.2. The van der Waals surface area contributed by atoms with Gasteiger partial charge in [-0.15, -0.1) is 11.3 Å². The van der Waals surface area contributed by atoms with Gasteiger partial charge in [-0.25, -0.2) is 9.37 Å². The Morgan fingerprint density at radius 1 is 0.901 bits per heavy atom. The number of carbonyl (C=O) groups is 2. The van der Waals surface area contributed by atoms with E-state index in [1.165, 1.54) is 27.0 Å². The van der Waals surface area contributed by atoms with Crippen molar-refractivity contribution in [1.82, 2.24) is 60.8 Å². The van der Waals surface area contributed by atoms with Crippen LogP contribution in [-0.4, -0.2) is 156 Å². The second-order valence-corrected chi connectivity index (χ2v) is 26.7. The molecule has 474 valence electrons. The van der Waals surface area contributed by atoms with Crippen molar-refractivity contribution in [2.24, 2.45) is 5.92 Å². The van der Waals surface area contributed by atoms with Crippen LogP contribution in [0.15, 0.2) is 71.2 Å². The van der Waals surface area contributed by atoms with E-state index >= 15 is 9.18 Å². The Hall–Kier alpha value is -8.13. The summed E-state index contributed by atoms with van der Waals surface area (Å²) in [6.45, 7) is 11.3. The number of aliphatic hydroxyl groups excluding tert-OH is 2. The van der Waals surface area contributed by atoms with Gasteiger partial charge in [-0.1, -0.05) is 38.1 Å². The molecule has 91 heavy (non-hydrogen) atoms. The van der Waals surface area contributed by atoms with Crippen LogP contribution in [0.2, 0.25) is 0 Å². The van der Waals surface area contributed by atoms with Crippen molar-refractivity contribution < 1.29 is 43.1 Å². The number of carbonyl (C=O) groups excluding carboxylic acids is 2. The molecule has 1 aliphatic carbocycles. The summed E-state index contributed by atoms with van der Waals surface area (Å²) in [5.74, 6) is 0.198. The summed E-state index contributed by atoms with van der Waals surface area (Å²) in [6, 6.07) is 12.9. The molecule has 2 amide bonds. The first-order valence-electron chi connectivity index (χ1n) is 32.0. The van der Waals surface area contributed by atoms with Crippen molar-refractivity contribution in [3.63, 3.8) is 0 Å². The minimum absolute atomic E-state index is 0.0223. The number of nitrogens with zero attached hydrogens (tertiary/aromatic N) is 8. The number of aromatic amines is 2. The van der Waals surface area contributed by atoms with Crippen LogP contribution in [0, 0.1) is 25.6 Å². The number of H-pyrrole nitrogens is 2. The summed E-state index contributed by atoms with van der Waals surface area (Å²) >= 11 is 1.52. The predicted octanol–water partition coefficient (Wildman–Crippen LogP) is 7.95. The smallest absolute Gasteiger partial charge is 0.319 e. The fraction of sp³-hybridized carbons (Fsp3) is 0.463. The van der Waals surface area contributed by atoms with E-state index in [1.807, 2.05) is 57.2 Å². The van der Waals surface area contributed by atoms with Gasteiger partial charge in [0.05, 0.1) is 59.8 Å². The number of β-amino-alcohol motifs (C(OH)–C–C–N with tert-alkyl or cyclic N) is 1. The van der Waals surface area contributed by atoms with Gasteiger partial charge < -0.3 is 59.9 Å². The lowest BCUT2D eigenvalue weighted by atomic mass is 9.88. The number of hydrogen-bond donors (Lipinski definition) is 7. The Balaban J connectivity index is 0.749. The Kier molecular flexibility index (Phi) is 15.7. The van der Waals surface area contributed by atoms with Gasteiger partial charge in [-0.05, 0) is 117 Å². The van der Waals surface area contributed by atoms with Crippen LogP contribution < -0.4 is 40.6 Å². The third-order valence-electron chi connectivity index (χ3n) is 19.4. The lowest BCUT2D eigenvalue weighted by Gasteiger charge is -2.31. The molecule has 7 N–H and O–H groups in total. The van der Waals surface area contributed by atoms with Crippen molar-refractivity contribution in [2.45, 2.75) is 140 Å². The number of fused-ring (bicyclic) bond motifs is 7. The molecule has 6 fully saturated rings. The number of thiazole rings is 1. The standard InChI is InChI=1S/C67H74FN13O9S/c1-33(2)60(66(86)80-28-41(83)22-54(80)64(84)74-53(30-82)45-10-8-38(62-35(4)71-32-91-62)20-55(45)89-42-11-15-69-16-12-42)81-29-49-44-9-5-36(19-51(44)73-65(85)59(49)78-81)31-88-61-57(56-34(3)50(68)24-52-48(56)26-72-77-52)46(37-6-7-37)23-47-58(61)75-67(90-43-13-17-87-18-14-43)76-63(47)79-27-39-21-40(79)25-70-39/h5,8-10,19-20,23-24,26,29,32-33,37,39-43,53-54,60,69-70,82-83H,6-7,11-18,21-22,25,27-28,30-31H2,1-4H3,(H,72,77)(H,73,85)(H,74,84)/t39-,40-,41+,53-,54-,60-/m0/s1. The zero-order valence-corrected chi connectivity index (χ0v) is 52.1. The van der Waals surface area contributed by atoms with Crippen LogP contribution in [0.3, 0.4) is 0 Å². The van der Waals surface area contributed by atoms with Gasteiger partial charge in [0.25, 0.3) is 5.56 Å². The Morgan fingerprint density at radius 3 is 2.47 bits per heavy atom. The summed E-state index contributed by atoms with van der Waals surface area (Å²) in [7, 11) is 0. The molecule has 5 aromatic heterocycles. The number of amides is 2. The Bertz CT molecular complexity index is 4360. The summed E-state index contributed by atoms with van der Waals surface area (Å²) in [6.07, 6.45) is 8.03. The Morgan fingerprint density at radius 2 is 1.73 bits per heavy atom. The number of rotatable bonds is 18. The number of anilines is 1. The SMILES string of the molecule is Cc1ncsc1-c1ccc([C@H](CO)NC(=O)[C@@H]2C[C@@H](O)CN2C(=O)[C@H](C(C)C)n2cc3c(n2)c(=O)[nH]c2cc(COc4c(-c5c(C)c(F)cc6[nH]ncc56)c(C5CC5)cc5c(N6C[C@@H]7C[C@H]6CN7)nc(OC6CCOCC6)nc45)ccc23)c(OC2CCNCC2)c1. The highest BCUT2D eigenvalue weighted by Gasteiger charge is 2.45. The van der Waals surface area contributed by atoms with Crippen molar-refractivity contribution in [1.29, 1.82) is 0 Å². The van der Waals surface area contributed by atoms with Crippen LogP contribution in [0.1, 0.15) is 111 Å². The Labute approximate surface area is 527 Å². The zero-order valence-electron chi connectivity index (χ0n) is 51.3. The van der Waals surface area contributed by atoms with E-state index in [9.17, 15) is 19.8 Å². The molecule has 9 aromatic rings. The second kappa shape index (κ2) is 24.2. The van der Waals surface area contributed by atoms with Gasteiger partial charge >= 0.3 is 6.01 Å². The van der Waals surface area contributed by atoms with Gasteiger partial charge in [-0.2, -0.15) is 20.2 Å². The van der Waals surface area contributed by atoms with E-state index in [0.717, 1.165) is 108 Å². The molecular weight excluding hydrogens is 1180 g/mol. The molecular formula is C67H74FN13O9S. The summed E-state index contributed by atoms with van der Waals surface area (Å²) in [5.41, 5.74) is 9.02. The topological polar surface area (TPSA) is 272 Å². The van der Waals surface area contributed by atoms with Crippen LogP contribution in [0.4, 0.5) is 10.2 Å². The number of aryl methyl sites for hydroxylation is 1. The lowest BCUT2D eigenvalue weighted by Crippen LogP contribution is -2.50. The molecule has 1 saturated carbocycles. The maximum atomic E-state index is 16.3. The van der Waals surface area contributed by atoms with Gasteiger partial charge in [0, 0.05) is 101 Å². The first kappa shape index (κ1) is 59.2. The largest absolute Gasteiger partial charge is 0.490 e. The average Bonchev–Trinajstić information content (AvgIpc) is 1.77. The number of nitrogens with one attached hydrogen (secondary N) is 5. The molecule has 22 nitrogen and oxygen atoms in total. The van der Waals surface area contributed by atoms with E-state index in [-0.39, 0.29) is 67.0 Å². The van der Waals surface area contributed by atoms with Crippen molar-refractivity contribution in [3.05, 3.63) is 111 Å². The van der Waals surface area contributed by atoms with E-state index in [2.05, 4.69) is 47.1 Å². The molecule has 2 bridgehead atoms. The van der Waals surface area contributed by atoms with E-state index < -0.39 is 48.2 Å². The quantitative estimate of drug-likeness (QED) is 0.0429. The normalized spacial score (nSPS) is 21.3. The minimum atomic E-state index is -1.09. The van der Waals surface area contributed by atoms with Gasteiger partial charge in [0.1, 0.15) is 53.8 Å². The number of halogens is 1. The van der Waals surface area contributed by atoms with E-state index in [0.29, 0.717) is 87.6 Å². The molecule has 6 aliphatic rings. The highest BCUT2D eigenvalue weighted by atomic mass is 32.1. The van der Waals surface area contributed by atoms with Gasteiger partial charge in [0.2, 0.25) is 11.8 Å². The molecule has 5 aliphatic heterocycles. The lowest BCUT2D eigenvalue weighted by molar-refractivity contribution is -0.142. The van der Waals surface area contributed by atoms with Crippen LogP contribution in [-0.2, 0) is 20.9 Å². The van der Waals surface area contributed by atoms with E-state index in [1.54, 1.807) is 24.8 Å². The summed E-state index contributed by atoms with van der Waals surface area (Å²) in [5, 5.41) is 47.1. The van der Waals surface area contributed by atoms with Gasteiger partial charge in [0.15, 0.2) is 11.3 Å². The first-order valence-corrected chi connectivity index (χ1v) is 32.8. The van der Waals surface area contributed by atoms with Gasteiger partial charge in [-0.3, -0.25) is 24.2 Å². The van der Waals surface area contributed by atoms with Crippen LogP contribution in [0.25, 0.3) is 65.2 Å². The fourth-order valence-electron chi connectivity index (χ4n) is 14.5. The van der Waals surface area contributed by atoms with E-state index in [4.69, 9.17) is 34.0 Å². The van der Waals surface area contributed by atoms with Crippen LogP contribution in [0.5, 0.6) is 17.5 Å². The number of likely N-dealkylation sites (tertiary alicyclic amines) is 1. The zero-order chi connectivity index (χ0) is 62.3. The fourth-order valence-corrected chi connectivity index (χ4v) is 15.3. The van der Waals surface area contributed by atoms with Crippen molar-refractivity contribution in [2.75, 3.05) is 57.4 Å². The number of piperidine rings is 1.